The molecule has 156 valence electrons. The van der Waals surface area contributed by atoms with Crippen molar-refractivity contribution in [1.82, 2.24) is 25.1 Å². The maximum atomic E-state index is 12.3. The molecule has 0 unspecified atom stereocenters. The van der Waals surface area contributed by atoms with Crippen LogP contribution >= 0.6 is 27.3 Å². The van der Waals surface area contributed by atoms with Gasteiger partial charge in [-0.3, -0.25) is 14.6 Å². The molecule has 0 saturated heterocycles. The zero-order valence-corrected chi connectivity index (χ0v) is 19.0. The third-order valence-electron chi connectivity index (χ3n) is 4.49. The van der Waals surface area contributed by atoms with Gasteiger partial charge in [-0.15, -0.1) is 11.3 Å². The van der Waals surface area contributed by atoms with Crippen LogP contribution in [0.1, 0.15) is 16.1 Å². The second-order valence-corrected chi connectivity index (χ2v) is 8.64. The number of thiazole rings is 1. The van der Waals surface area contributed by atoms with Gasteiger partial charge in [0, 0.05) is 35.0 Å². The SMILES string of the molecule is Cc1nc(-c2ccccc2)sc1-c1ccc(=O)n(CCNC(=O)c2cncc(Br)c2)n1. The number of nitrogens with one attached hydrogen (secondary N) is 1. The summed E-state index contributed by atoms with van der Waals surface area (Å²) < 4.78 is 2.08. The fraction of sp³-hybridized carbons (Fsp3) is 0.136. The topological polar surface area (TPSA) is 89.8 Å². The van der Waals surface area contributed by atoms with Crippen molar-refractivity contribution in [1.29, 1.82) is 0 Å². The molecule has 1 N–H and O–H groups in total. The fourth-order valence-electron chi connectivity index (χ4n) is 2.98. The van der Waals surface area contributed by atoms with E-state index in [0.717, 1.165) is 25.6 Å². The van der Waals surface area contributed by atoms with Crippen LogP contribution in [0.2, 0.25) is 0 Å². The number of amides is 1. The Labute approximate surface area is 191 Å². The largest absolute Gasteiger partial charge is 0.350 e. The Morgan fingerprint density at radius 2 is 1.97 bits per heavy atom. The highest BCUT2D eigenvalue weighted by Crippen LogP contribution is 2.33. The number of hydrogen-bond acceptors (Lipinski definition) is 6. The minimum absolute atomic E-state index is 0.229. The van der Waals surface area contributed by atoms with Crippen LogP contribution in [0.25, 0.3) is 21.1 Å². The molecule has 3 aromatic heterocycles. The molecule has 0 atom stereocenters. The van der Waals surface area contributed by atoms with Gasteiger partial charge in [0.25, 0.3) is 11.5 Å². The van der Waals surface area contributed by atoms with Crippen LogP contribution in [-0.2, 0) is 6.54 Å². The normalized spacial score (nSPS) is 10.8. The average molecular weight is 496 g/mol. The quantitative estimate of drug-likeness (QED) is 0.437. The lowest BCUT2D eigenvalue weighted by atomic mass is 10.2. The number of benzene rings is 1. The van der Waals surface area contributed by atoms with Gasteiger partial charge in [0.2, 0.25) is 0 Å². The van der Waals surface area contributed by atoms with E-state index < -0.39 is 0 Å². The van der Waals surface area contributed by atoms with Crippen molar-refractivity contribution in [3.05, 3.63) is 87.0 Å². The maximum Gasteiger partial charge on any atom is 0.266 e. The van der Waals surface area contributed by atoms with E-state index in [-0.39, 0.29) is 24.6 Å². The Morgan fingerprint density at radius 1 is 1.16 bits per heavy atom. The van der Waals surface area contributed by atoms with Crippen LogP contribution in [0.4, 0.5) is 0 Å². The summed E-state index contributed by atoms with van der Waals surface area (Å²) in [6, 6.07) is 14.8. The molecule has 0 radical (unpaired) electrons. The Kier molecular flexibility index (Phi) is 6.34. The van der Waals surface area contributed by atoms with Crippen LogP contribution in [0, 0.1) is 6.92 Å². The molecule has 1 aromatic carbocycles. The number of pyridine rings is 1. The lowest BCUT2D eigenvalue weighted by molar-refractivity contribution is 0.0951. The third kappa shape index (κ3) is 4.95. The molecule has 9 heteroatoms. The van der Waals surface area contributed by atoms with Gasteiger partial charge >= 0.3 is 0 Å². The highest BCUT2D eigenvalue weighted by molar-refractivity contribution is 9.10. The van der Waals surface area contributed by atoms with Crippen molar-refractivity contribution in [2.75, 3.05) is 6.54 Å². The second-order valence-electron chi connectivity index (χ2n) is 6.73. The third-order valence-corrected chi connectivity index (χ3v) is 6.16. The summed E-state index contributed by atoms with van der Waals surface area (Å²) in [7, 11) is 0. The Bertz CT molecular complexity index is 1290. The number of halogens is 1. The van der Waals surface area contributed by atoms with Gasteiger partial charge in [-0.05, 0) is 35.0 Å². The molecule has 4 aromatic rings. The summed E-state index contributed by atoms with van der Waals surface area (Å²) in [5.41, 5.74) is 2.79. The second kappa shape index (κ2) is 9.32. The van der Waals surface area contributed by atoms with Crippen LogP contribution in [0.15, 0.2) is 70.2 Å². The molecule has 0 bridgehead atoms. The van der Waals surface area contributed by atoms with Gasteiger partial charge in [-0.25, -0.2) is 9.67 Å². The first-order chi connectivity index (χ1) is 15.0. The first-order valence-electron chi connectivity index (χ1n) is 9.51. The molecule has 0 aliphatic heterocycles. The molecular weight excluding hydrogens is 478 g/mol. The van der Waals surface area contributed by atoms with Gasteiger partial charge in [0.1, 0.15) is 10.7 Å². The summed E-state index contributed by atoms with van der Waals surface area (Å²) in [6.45, 7) is 2.45. The molecule has 4 rings (SSSR count). The van der Waals surface area contributed by atoms with E-state index in [4.69, 9.17) is 0 Å². The van der Waals surface area contributed by atoms with Gasteiger partial charge < -0.3 is 5.32 Å². The highest BCUT2D eigenvalue weighted by Gasteiger charge is 2.14. The molecule has 0 fully saturated rings. The molecule has 0 aliphatic carbocycles. The standard InChI is InChI=1S/C22H18BrN5O2S/c1-14-20(31-22(26-14)15-5-3-2-4-6-15)18-7-8-19(29)28(27-18)10-9-25-21(30)16-11-17(23)13-24-12-16/h2-8,11-13H,9-10H2,1H3,(H,25,30). The minimum Gasteiger partial charge on any atom is -0.350 e. The van der Waals surface area contributed by atoms with E-state index in [1.165, 1.54) is 28.3 Å². The zero-order chi connectivity index (χ0) is 21.8. The van der Waals surface area contributed by atoms with Crippen molar-refractivity contribution in [3.8, 4) is 21.1 Å². The van der Waals surface area contributed by atoms with E-state index in [0.29, 0.717) is 11.3 Å². The first-order valence-corrected chi connectivity index (χ1v) is 11.1. The number of carbonyl (C=O) groups is 1. The lowest BCUT2D eigenvalue weighted by Gasteiger charge is -2.08. The van der Waals surface area contributed by atoms with Crippen molar-refractivity contribution in [2.45, 2.75) is 13.5 Å². The minimum atomic E-state index is -0.260. The van der Waals surface area contributed by atoms with Crippen LogP contribution in [0.3, 0.4) is 0 Å². The van der Waals surface area contributed by atoms with E-state index in [2.05, 4.69) is 36.3 Å². The fourth-order valence-corrected chi connectivity index (χ4v) is 4.38. The Hall–Kier alpha value is -3.17. The van der Waals surface area contributed by atoms with Crippen LogP contribution in [0.5, 0.6) is 0 Å². The maximum absolute atomic E-state index is 12.3. The molecule has 0 aliphatic rings. The van der Waals surface area contributed by atoms with Crippen molar-refractivity contribution in [2.24, 2.45) is 0 Å². The molecule has 3 heterocycles. The number of nitrogens with zero attached hydrogens (tertiary/aromatic N) is 4. The zero-order valence-electron chi connectivity index (χ0n) is 16.6. The molecular formula is C22H18BrN5O2S. The predicted molar refractivity (Wildman–Crippen MR) is 124 cm³/mol. The molecule has 1 amide bonds. The predicted octanol–water partition coefficient (Wildman–Crippen LogP) is 3.93. The van der Waals surface area contributed by atoms with Crippen molar-refractivity contribution < 1.29 is 4.79 Å². The first kappa shape index (κ1) is 21.1. The van der Waals surface area contributed by atoms with Gasteiger partial charge in [-0.2, -0.15) is 5.10 Å². The number of hydrogen-bond donors (Lipinski definition) is 1. The Balaban J connectivity index is 1.50. The van der Waals surface area contributed by atoms with E-state index in [1.54, 1.807) is 18.3 Å². The summed E-state index contributed by atoms with van der Waals surface area (Å²) in [5.74, 6) is -0.260. The molecule has 0 spiro atoms. The summed E-state index contributed by atoms with van der Waals surface area (Å²) >= 11 is 4.83. The molecule has 0 saturated carbocycles. The van der Waals surface area contributed by atoms with Gasteiger partial charge in [0.15, 0.2) is 0 Å². The monoisotopic (exact) mass is 495 g/mol. The van der Waals surface area contributed by atoms with E-state index >= 15 is 0 Å². The van der Waals surface area contributed by atoms with Gasteiger partial charge in [-0.1, -0.05) is 30.3 Å². The Morgan fingerprint density at radius 3 is 2.74 bits per heavy atom. The summed E-state index contributed by atoms with van der Waals surface area (Å²) in [4.78, 5) is 34.1. The molecule has 7 nitrogen and oxygen atoms in total. The number of aromatic nitrogens is 4. The van der Waals surface area contributed by atoms with Crippen molar-refractivity contribution in [3.63, 3.8) is 0 Å². The lowest BCUT2D eigenvalue weighted by Crippen LogP contribution is -2.32. The van der Waals surface area contributed by atoms with E-state index in [1.807, 2.05) is 37.3 Å². The van der Waals surface area contributed by atoms with Crippen LogP contribution < -0.4 is 10.9 Å². The smallest absolute Gasteiger partial charge is 0.266 e. The number of carbonyl (C=O) groups excluding carboxylic acids is 1. The van der Waals surface area contributed by atoms with Crippen LogP contribution in [-0.4, -0.2) is 32.2 Å². The highest BCUT2D eigenvalue weighted by atomic mass is 79.9. The summed E-state index contributed by atoms with van der Waals surface area (Å²) in [6.07, 6.45) is 3.10. The number of aryl methyl sites for hydroxylation is 1. The molecule has 31 heavy (non-hydrogen) atoms. The average Bonchev–Trinajstić information content (AvgIpc) is 3.17. The van der Waals surface area contributed by atoms with E-state index in [9.17, 15) is 9.59 Å². The number of rotatable bonds is 6. The van der Waals surface area contributed by atoms with Crippen molar-refractivity contribution >= 4 is 33.2 Å². The van der Waals surface area contributed by atoms with Gasteiger partial charge in [0.05, 0.1) is 22.7 Å². The summed E-state index contributed by atoms with van der Waals surface area (Å²) in [5, 5.41) is 8.19.